The zero-order chi connectivity index (χ0) is 20.2. The van der Waals surface area contributed by atoms with Crippen LogP contribution in [0.2, 0.25) is 0 Å². The van der Waals surface area contributed by atoms with E-state index in [0.717, 1.165) is 9.87 Å². The smallest absolute Gasteiger partial charge is 0.244 e. The van der Waals surface area contributed by atoms with Crippen LogP contribution < -0.4 is 0 Å². The van der Waals surface area contributed by atoms with Crippen LogP contribution in [0.5, 0.6) is 0 Å². The van der Waals surface area contributed by atoms with Crippen molar-refractivity contribution in [1.29, 1.82) is 0 Å². The molecule has 0 radical (unpaired) electrons. The Kier molecular flexibility index (Phi) is 6.96. The van der Waals surface area contributed by atoms with Crippen LogP contribution in [0.4, 0.5) is 4.39 Å². The number of benzene rings is 1. The maximum atomic E-state index is 13.0. The number of carbonyl (C=O) groups is 1. The summed E-state index contributed by atoms with van der Waals surface area (Å²) in [5.41, 5.74) is 0.841. The second-order valence-corrected chi connectivity index (χ2v) is 9.29. The molecule has 9 heteroatoms. The lowest BCUT2D eigenvalue weighted by molar-refractivity contribution is -0.128. The lowest BCUT2D eigenvalue weighted by Crippen LogP contribution is -2.31. The number of hydrogen-bond acceptors (Lipinski definition) is 5. The van der Waals surface area contributed by atoms with Crippen molar-refractivity contribution in [1.82, 2.24) is 14.2 Å². The molecule has 0 aliphatic rings. The number of carbonyl (C=O) groups excluding carboxylic acids is 1. The Morgan fingerprint density at radius 2 is 1.78 bits per heavy atom. The van der Waals surface area contributed by atoms with Gasteiger partial charge in [0.2, 0.25) is 15.9 Å². The third-order valence-corrected chi connectivity index (χ3v) is 6.89. The molecule has 2 aromatic rings. The lowest BCUT2D eigenvalue weighted by Gasteiger charge is -2.25. The Morgan fingerprint density at radius 1 is 1.15 bits per heavy atom. The first-order valence-electron chi connectivity index (χ1n) is 8.15. The number of aromatic nitrogens is 1. The first-order valence-corrected chi connectivity index (χ1v) is 10.6. The fourth-order valence-electron chi connectivity index (χ4n) is 2.23. The van der Waals surface area contributed by atoms with Gasteiger partial charge in [0.25, 0.3) is 0 Å². The molecule has 0 fully saturated rings. The van der Waals surface area contributed by atoms with E-state index in [2.05, 4.69) is 4.98 Å². The van der Waals surface area contributed by atoms with Gasteiger partial charge in [-0.25, -0.2) is 22.1 Å². The van der Waals surface area contributed by atoms with Crippen molar-refractivity contribution < 1.29 is 17.6 Å². The second kappa shape index (κ2) is 8.81. The van der Waals surface area contributed by atoms with Gasteiger partial charge in [0, 0.05) is 27.3 Å². The lowest BCUT2D eigenvalue weighted by atomic mass is 10.1. The van der Waals surface area contributed by atoms with Crippen molar-refractivity contribution >= 4 is 27.7 Å². The molecule has 0 saturated carbocycles. The predicted octanol–water partition coefficient (Wildman–Crippen LogP) is 2.78. The van der Waals surface area contributed by atoms with E-state index in [1.807, 2.05) is 6.92 Å². The van der Waals surface area contributed by atoms with Crippen LogP contribution in [0.3, 0.4) is 0 Å². The van der Waals surface area contributed by atoms with Crippen molar-refractivity contribution in [2.45, 2.75) is 22.9 Å². The minimum absolute atomic E-state index is 0.102. The Labute approximate surface area is 163 Å². The molecule has 0 saturated heterocycles. The number of halogens is 1. The highest BCUT2D eigenvalue weighted by atomic mass is 32.2. The van der Waals surface area contributed by atoms with Crippen LogP contribution in [0.25, 0.3) is 0 Å². The van der Waals surface area contributed by atoms with Crippen molar-refractivity contribution in [3.05, 3.63) is 54.0 Å². The molecule has 0 spiro atoms. The summed E-state index contributed by atoms with van der Waals surface area (Å²) in [5, 5.41) is 0.559. The maximum Gasteiger partial charge on any atom is 0.244 e. The molecule has 1 aromatic heterocycles. The highest BCUT2D eigenvalue weighted by Gasteiger charge is 2.19. The molecule has 1 aromatic carbocycles. The molecule has 1 atom stereocenters. The van der Waals surface area contributed by atoms with Crippen LogP contribution in [-0.2, 0) is 14.8 Å². The summed E-state index contributed by atoms with van der Waals surface area (Å²) in [7, 11) is 1.07. The van der Waals surface area contributed by atoms with Crippen LogP contribution in [0.15, 0.2) is 52.5 Å². The minimum Gasteiger partial charge on any atom is -0.338 e. The molecule has 0 aliphatic heterocycles. The molecular formula is C18H22FN3O3S2. The van der Waals surface area contributed by atoms with Crippen LogP contribution >= 0.6 is 11.8 Å². The number of sulfonamides is 1. The SMILES string of the molecule is CC(c1ccc(F)cc1)N(C)C(=O)CSc1ccc(S(=O)(=O)N(C)C)cn1. The monoisotopic (exact) mass is 411 g/mol. The van der Waals surface area contributed by atoms with Gasteiger partial charge in [-0.2, -0.15) is 0 Å². The molecule has 1 heterocycles. The van der Waals surface area contributed by atoms with Gasteiger partial charge in [0.1, 0.15) is 10.7 Å². The maximum absolute atomic E-state index is 13.0. The highest BCUT2D eigenvalue weighted by molar-refractivity contribution is 7.99. The predicted molar refractivity (Wildman–Crippen MR) is 103 cm³/mol. The molecule has 0 aliphatic carbocycles. The minimum atomic E-state index is -3.52. The van der Waals surface area contributed by atoms with Gasteiger partial charge < -0.3 is 4.90 Å². The van der Waals surface area contributed by atoms with Crippen molar-refractivity contribution in [3.63, 3.8) is 0 Å². The van der Waals surface area contributed by atoms with Crippen molar-refractivity contribution in [2.24, 2.45) is 0 Å². The van der Waals surface area contributed by atoms with Gasteiger partial charge in [0.05, 0.1) is 16.8 Å². The number of rotatable bonds is 7. The Balaban J connectivity index is 1.97. The molecular weight excluding hydrogens is 389 g/mol. The van der Waals surface area contributed by atoms with Gasteiger partial charge in [-0.1, -0.05) is 23.9 Å². The van der Waals surface area contributed by atoms with Crippen LogP contribution in [0.1, 0.15) is 18.5 Å². The Bertz CT molecular complexity index is 885. The van der Waals surface area contributed by atoms with E-state index in [0.29, 0.717) is 5.03 Å². The van der Waals surface area contributed by atoms with E-state index in [9.17, 15) is 17.6 Å². The molecule has 0 bridgehead atoms. The van der Waals surface area contributed by atoms with Crippen molar-refractivity contribution in [2.75, 3.05) is 26.9 Å². The molecule has 0 N–H and O–H groups in total. The summed E-state index contributed by atoms with van der Waals surface area (Å²) >= 11 is 1.23. The molecule has 6 nitrogen and oxygen atoms in total. The molecule has 27 heavy (non-hydrogen) atoms. The third kappa shape index (κ3) is 5.27. The summed E-state index contributed by atoms with van der Waals surface area (Å²) in [6.45, 7) is 1.87. The summed E-state index contributed by atoms with van der Waals surface area (Å²) in [5.74, 6) is -0.264. The summed E-state index contributed by atoms with van der Waals surface area (Å²) < 4.78 is 38.2. The molecule has 146 valence electrons. The quantitative estimate of drug-likeness (QED) is 0.655. The largest absolute Gasteiger partial charge is 0.338 e. The normalized spacial score (nSPS) is 12.8. The van der Waals surface area contributed by atoms with Gasteiger partial charge in [-0.05, 0) is 36.8 Å². The van der Waals surface area contributed by atoms with Crippen LogP contribution in [-0.4, -0.2) is 55.4 Å². The van der Waals surface area contributed by atoms with E-state index in [1.165, 1.54) is 50.3 Å². The molecule has 1 amide bonds. The molecule has 2 rings (SSSR count). The Hall–Kier alpha value is -1.97. The summed E-state index contributed by atoms with van der Waals surface area (Å²) in [6.07, 6.45) is 1.28. The van der Waals surface area contributed by atoms with Gasteiger partial charge in [0.15, 0.2) is 0 Å². The number of hydrogen-bond donors (Lipinski definition) is 0. The average molecular weight is 412 g/mol. The fourth-order valence-corrected chi connectivity index (χ4v) is 3.85. The van der Waals surface area contributed by atoms with Gasteiger partial charge in [-0.3, -0.25) is 4.79 Å². The first-order chi connectivity index (χ1) is 12.6. The van der Waals surface area contributed by atoms with E-state index < -0.39 is 10.0 Å². The van der Waals surface area contributed by atoms with Gasteiger partial charge in [-0.15, -0.1) is 0 Å². The van der Waals surface area contributed by atoms with Crippen molar-refractivity contribution in [3.8, 4) is 0 Å². The zero-order valence-electron chi connectivity index (χ0n) is 15.6. The van der Waals surface area contributed by atoms with E-state index in [-0.39, 0.29) is 28.4 Å². The fraction of sp³-hybridized carbons (Fsp3) is 0.333. The molecule has 1 unspecified atom stereocenters. The van der Waals surface area contributed by atoms with Crippen LogP contribution in [0, 0.1) is 5.82 Å². The first kappa shape index (κ1) is 21.3. The van der Waals surface area contributed by atoms with E-state index in [4.69, 9.17) is 0 Å². The summed E-state index contributed by atoms with van der Waals surface area (Å²) in [6, 6.07) is 8.90. The summed E-state index contributed by atoms with van der Waals surface area (Å²) in [4.78, 5) is 18.2. The third-order valence-electron chi connectivity index (χ3n) is 4.16. The van der Waals surface area contributed by atoms with Gasteiger partial charge >= 0.3 is 0 Å². The topological polar surface area (TPSA) is 70.6 Å². The number of pyridine rings is 1. The number of thioether (sulfide) groups is 1. The second-order valence-electron chi connectivity index (χ2n) is 6.14. The zero-order valence-corrected chi connectivity index (χ0v) is 17.2. The number of nitrogens with zero attached hydrogens (tertiary/aromatic N) is 3. The average Bonchev–Trinajstić information content (AvgIpc) is 2.65. The van der Waals surface area contributed by atoms with E-state index in [1.54, 1.807) is 30.1 Å². The van der Waals surface area contributed by atoms with E-state index >= 15 is 0 Å². The standard InChI is InChI=1S/C18H22FN3O3S2/c1-13(14-5-7-15(19)8-6-14)22(4)18(23)12-26-17-10-9-16(11-20-17)27(24,25)21(2)3/h5-11,13H,12H2,1-4H3. The Morgan fingerprint density at radius 3 is 2.30 bits per heavy atom. The number of amides is 1. The highest BCUT2D eigenvalue weighted by Crippen LogP contribution is 2.22.